The van der Waals surface area contributed by atoms with Gasteiger partial charge in [-0.3, -0.25) is 9.59 Å². The number of amides is 1. The molecule has 0 bridgehead atoms. The van der Waals surface area contributed by atoms with Crippen LogP contribution in [0.1, 0.15) is 23.2 Å². The number of hydrogen-bond acceptors (Lipinski definition) is 2. The number of hydrogen-bond donors (Lipinski definition) is 0. The Labute approximate surface area is 127 Å². The highest BCUT2D eigenvalue weighted by atomic mass is 79.9. The third kappa shape index (κ3) is 3.48. The van der Waals surface area contributed by atoms with Crippen LogP contribution in [0.3, 0.4) is 0 Å². The highest BCUT2D eigenvalue weighted by Crippen LogP contribution is 2.33. The molecule has 4 nitrogen and oxygen atoms in total. The summed E-state index contributed by atoms with van der Waals surface area (Å²) in [6.07, 6.45) is -2.52. The van der Waals surface area contributed by atoms with Crippen LogP contribution in [0.15, 0.2) is 21.5 Å². The summed E-state index contributed by atoms with van der Waals surface area (Å²) in [6, 6.07) is 1.35. The Kier molecular flexibility index (Phi) is 4.46. The van der Waals surface area contributed by atoms with E-state index in [-0.39, 0.29) is 24.9 Å². The van der Waals surface area contributed by atoms with Crippen LogP contribution in [0.2, 0.25) is 0 Å². The summed E-state index contributed by atoms with van der Waals surface area (Å²) in [4.78, 5) is 25.4. The van der Waals surface area contributed by atoms with E-state index < -0.39 is 30.1 Å². The molecule has 2 heterocycles. The van der Waals surface area contributed by atoms with Crippen molar-refractivity contribution in [2.75, 3.05) is 13.1 Å². The molecule has 1 atom stereocenters. The molecule has 1 aromatic rings. The minimum atomic E-state index is -4.32. The number of carbonyl (C=O) groups excluding carboxylic acids is 1. The summed E-state index contributed by atoms with van der Waals surface area (Å²) in [5.74, 6) is -2.17. The number of rotatable bonds is 1. The minimum Gasteiger partial charge on any atom is -0.338 e. The first kappa shape index (κ1) is 16.1. The molecule has 116 valence electrons. The van der Waals surface area contributed by atoms with Gasteiger partial charge in [0.25, 0.3) is 11.5 Å². The number of piperidine rings is 1. The fourth-order valence-electron chi connectivity index (χ4n) is 2.42. The quantitative estimate of drug-likeness (QED) is 0.766. The average Bonchev–Trinajstić information content (AvgIpc) is 2.41. The van der Waals surface area contributed by atoms with Gasteiger partial charge in [0, 0.05) is 30.8 Å². The number of nitrogens with zero attached hydrogens (tertiary/aromatic N) is 2. The maximum atomic E-state index is 12.8. The van der Waals surface area contributed by atoms with Crippen molar-refractivity contribution in [1.82, 2.24) is 9.47 Å². The Morgan fingerprint density at radius 1 is 1.43 bits per heavy atom. The topological polar surface area (TPSA) is 42.3 Å². The molecule has 2 rings (SSSR count). The fourth-order valence-corrected chi connectivity index (χ4v) is 2.96. The summed E-state index contributed by atoms with van der Waals surface area (Å²) in [7, 11) is 1.48. The Bertz CT molecular complexity index is 612. The van der Waals surface area contributed by atoms with E-state index in [4.69, 9.17) is 0 Å². The normalized spacial score (nSPS) is 19.7. The average molecular weight is 367 g/mol. The van der Waals surface area contributed by atoms with Gasteiger partial charge in [0.15, 0.2) is 0 Å². The molecular weight excluding hydrogens is 353 g/mol. The van der Waals surface area contributed by atoms with E-state index in [1.165, 1.54) is 23.9 Å². The van der Waals surface area contributed by atoms with Crippen LogP contribution in [-0.2, 0) is 7.05 Å². The Balaban J connectivity index is 2.26. The second-order valence-corrected chi connectivity index (χ2v) is 6.04. The lowest BCUT2D eigenvalue weighted by molar-refractivity contribution is -0.184. The van der Waals surface area contributed by atoms with Crippen LogP contribution >= 0.6 is 15.9 Å². The van der Waals surface area contributed by atoms with E-state index in [1.807, 2.05) is 0 Å². The van der Waals surface area contributed by atoms with Gasteiger partial charge in [-0.15, -0.1) is 0 Å². The Morgan fingerprint density at radius 2 is 2.10 bits per heavy atom. The number of aryl methyl sites for hydroxylation is 1. The van der Waals surface area contributed by atoms with Gasteiger partial charge in [-0.2, -0.15) is 13.2 Å². The molecule has 1 aliphatic heterocycles. The van der Waals surface area contributed by atoms with Gasteiger partial charge in [0.1, 0.15) is 5.56 Å². The van der Waals surface area contributed by atoms with Gasteiger partial charge >= 0.3 is 6.18 Å². The third-order valence-corrected chi connectivity index (χ3v) is 3.99. The number of pyridine rings is 1. The van der Waals surface area contributed by atoms with E-state index in [0.29, 0.717) is 4.47 Å². The molecule has 0 spiro atoms. The van der Waals surface area contributed by atoms with Crippen LogP contribution < -0.4 is 5.56 Å². The van der Waals surface area contributed by atoms with E-state index in [9.17, 15) is 22.8 Å². The van der Waals surface area contributed by atoms with Crippen molar-refractivity contribution in [3.63, 3.8) is 0 Å². The Hall–Kier alpha value is -1.31. The lowest BCUT2D eigenvalue weighted by Crippen LogP contribution is -2.46. The molecule has 1 amide bonds. The highest BCUT2D eigenvalue weighted by Gasteiger charge is 2.43. The number of halogens is 4. The van der Waals surface area contributed by atoms with Crippen molar-refractivity contribution in [2.24, 2.45) is 13.0 Å². The molecule has 0 aliphatic carbocycles. The molecule has 0 aromatic carbocycles. The Morgan fingerprint density at radius 3 is 2.71 bits per heavy atom. The molecule has 1 saturated heterocycles. The maximum Gasteiger partial charge on any atom is 0.393 e. The van der Waals surface area contributed by atoms with Gasteiger partial charge in [0.05, 0.1) is 5.92 Å². The van der Waals surface area contributed by atoms with Crippen LogP contribution in [0.4, 0.5) is 13.2 Å². The molecule has 0 N–H and O–H groups in total. The summed E-state index contributed by atoms with van der Waals surface area (Å²) < 4.78 is 40.1. The highest BCUT2D eigenvalue weighted by molar-refractivity contribution is 9.10. The smallest absolute Gasteiger partial charge is 0.338 e. The van der Waals surface area contributed by atoms with Gasteiger partial charge < -0.3 is 9.47 Å². The monoisotopic (exact) mass is 366 g/mol. The first-order chi connectivity index (χ1) is 9.70. The second-order valence-electron chi connectivity index (χ2n) is 5.12. The van der Waals surface area contributed by atoms with Crippen molar-refractivity contribution in [1.29, 1.82) is 0 Å². The molecule has 8 heteroatoms. The second kappa shape index (κ2) is 5.82. The lowest BCUT2D eigenvalue weighted by atomic mass is 9.97. The standard InChI is InChI=1S/C13H14BrF3N2O2/c1-18-7-9(14)5-10(11(18)20)12(21)19-4-2-3-8(6-19)13(15,16)17/h5,7-8H,2-4,6H2,1H3. The maximum absolute atomic E-state index is 12.8. The molecule has 1 fully saturated rings. The van der Waals surface area contributed by atoms with Crippen LogP contribution in [0, 0.1) is 5.92 Å². The van der Waals surface area contributed by atoms with E-state index in [0.717, 1.165) is 4.90 Å². The number of carbonyl (C=O) groups is 1. The zero-order chi connectivity index (χ0) is 15.8. The largest absolute Gasteiger partial charge is 0.393 e. The molecule has 1 aromatic heterocycles. The van der Waals surface area contributed by atoms with E-state index in [2.05, 4.69) is 15.9 Å². The fraction of sp³-hybridized carbons (Fsp3) is 0.538. The third-order valence-electron chi connectivity index (χ3n) is 3.55. The molecular formula is C13H14BrF3N2O2. The van der Waals surface area contributed by atoms with Gasteiger partial charge in [0.2, 0.25) is 0 Å². The van der Waals surface area contributed by atoms with E-state index in [1.54, 1.807) is 0 Å². The first-order valence-electron chi connectivity index (χ1n) is 6.42. The summed E-state index contributed by atoms with van der Waals surface area (Å²) in [6.45, 7) is -0.154. The SMILES string of the molecule is Cn1cc(Br)cc(C(=O)N2CCCC(C(F)(F)F)C2)c1=O. The van der Waals surface area contributed by atoms with Gasteiger partial charge in [-0.05, 0) is 34.8 Å². The molecule has 0 radical (unpaired) electrons. The minimum absolute atomic E-state index is 0.0176. The zero-order valence-corrected chi connectivity index (χ0v) is 12.9. The van der Waals surface area contributed by atoms with Crippen molar-refractivity contribution < 1.29 is 18.0 Å². The number of alkyl halides is 3. The van der Waals surface area contributed by atoms with Crippen LogP contribution in [0.5, 0.6) is 0 Å². The van der Waals surface area contributed by atoms with Crippen LogP contribution in [-0.4, -0.2) is 34.6 Å². The van der Waals surface area contributed by atoms with Crippen LogP contribution in [0.25, 0.3) is 0 Å². The summed E-state index contributed by atoms with van der Waals surface area (Å²) in [5, 5.41) is 0. The van der Waals surface area contributed by atoms with Gasteiger partial charge in [-0.1, -0.05) is 0 Å². The number of likely N-dealkylation sites (tertiary alicyclic amines) is 1. The lowest BCUT2D eigenvalue weighted by Gasteiger charge is -2.33. The van der Waals surface area contributed by atoms with Crippen molar-refractivity contribution in [3.8, 4) is 0 Å². The molecule has 0 saturated carbocycles. The van der Waals surface area contributed by atoms with Crippen molar-refractivity contribution in [2.45, 2.75) is 19.0 Å². The predicted molar refractivity (Wildman–Crippen MR) is 74.1 cm³/mol. The summed E-state index contributed by atoms with van der Waals surface area (Å²) >= 11 is 3.17. The van der Waals surface area contributed by atoms with Crippen molar-refractivity contribution in [3.05, 3.63) is 32.7 Å². The number of aromatic nitrogens is 1. The molecule has 1 unspecified atom stereocenters. The molecule has 21 heavy (non-hydrogen) atoms. The predicted octanol–water partition coefficient (Wildman–Crippen LogP) is 2.56. The van der Waals surface area contributed by atoms with E-state index >= 15 is 0 Å². The molecule has 1 aliphatic rings. The van der Waals surface area contributed by atoms with Gasteiger partial charge in [-0.25, -0.2) is 0 Å². The van der Waals surface area contributed by atoms with Crippen molar-refractivity contribution >= 4 is 21.8 Å². The summed E-state index contributed by atoms with van der Waals surface area (Å²) in [5.41, 5.74) is -0.632. The first-order valence-corrected chi connectivity index (χ1v) is 7.21. The zero-order valence-electron chi connectivity index (χ0n) is 11.3.